The van der Waals surface area contributed by atoms with Crippen LogP contribution in [0.4, 0.5) is 4.79 Å². The Hall–Kier alpha value is -3.39. The van der Waals surface area contributed by atoms with E-state index in [1.807, 2.05) is 24.3 Å². The molecule has 2 amide bonds. The summed E-state index contributed by atoms with van der Waals surface area (Å²) in [6, 6.07) is 15.7. The van der Waals surface area contributed by atoms with Gasteiger partial charge in [-0.2, -0.15) is 0 Å². The van der Waals surface area contributed by atoms with Gasteiger partial charge in [-0.15, -0.1) is 0 Å². The fraction of sp³-hybridized carbons (Fsp3) is 0.444. The molecule has 0 bridgehead atoms. The van der Waals surface area contributed by atoms with Crippen molar-refractivity contribution in [2.45, 2.75) is 56.2 Å². The van der Waals surface area contributed by atoms with Crippen molar-refractivity contribution < 1.29 is 29.0 Å². The standard InChI is InChI=1S/C27H30N2O6/c1-27(14-23(30)31,16-10-11-16)29-25(32)24-22(12-13-34-24)28-26(33)35-15-21-19-8-4-2-6-17(19)18-7-3-5-9-20(18)21/h2-9,16,21-22,24H,10-15H2,1H3,(H,28,33)(H,29,32)(H,30,31). The summed E-state index contributed by atoms with van der Waals surface area (Å²) in [7, 11) is 0. The highest BCUT2D eigenvalue weighted by molar-refractivity contribution is 5.84. The van der Waals surface area contributed by atoms with Gasteiger partial charge in [-0.05, 0) is 54.4 Å². The van der Waals surface area contributed by atoms with E-state index in [0.29, 0.717) is 13.0 Å². The number of aliphatic carboxylic acids is 1. The molecular weight excluding hydrogens is 448 g/mol. The zero-order valence-electron chi connectivity index (χ0n) is 19.7. The lowest BCUT2D eigenvalue weighted by Gasteiger charge is -2.31. The SMILES string of the molecule is CC(CC(=O)O)(NC(=O)C1OCCC1NC(=O)OCC1c2ccccc2-c2ccccc21)C1CC1. The van der Waals surface area contributed by atoms with E-state index in [1.54, 1.807) is 6.92 Å². The molecule has 3 atom stereocenters. The molecule has 0 aromatic heterocycles. The largest absolute Gasteiger partial charge is 0.481 e. The summed E-state index contributed by atoms with van der Waals surface area (Å²) in [5, 5.41) is 15.0. The van der Waals surface area contributed by atoms with Crippen LogP contribution in [0, 0.1) is 5.92 Å². The number of carbonyl (C=O) groups is 3. The number of hydrogen-bond donors (Lipinski definition) is 3. The molecule has 8 nitrogen and oxygen atoms in total. The molecule has 2 fully saturated rings. The van der Waals surface area contributed by atoms with Crippen LogP contribution < -0.4 is 10.6 Å². The second kappa shape index (κ2) is 9.34. The zero-order chi connectivity index (χ0) is 24.6. The van der Waals surface area contributed by atoms with E-state index in [0.717, 1.165) is 35.1 Å². The molecule has 3 unspecified atom stereocenters. The van der Waals surface area contributed by atoms with Crippen molar-refractivity contribution in [2.24, 2.45) is 5.92 Å². The van der Waals surface area contributed by atoms with E-state index in [1.165, 1.54) is 0 Å². The number of nitrogens with one attached hydrogen (secondary N) is 2. The highest BCUT2D eigenvalue weighted by Gasteiger charge is 2.46. The molecule has 5 rings (SSSR count). The summed E-state index contributed by atoms with van der Waals surface area (Å²) in [5.41, 5.74) is 3.72. The van der Waals surface area contributed by atoms with Gasteiger partial charge in [0, 0.05) is 12.5 Å². The highest BCUT2D eigenvalue weighted by Crippen LogP contribution is 2.44. The molecule has 1 saturated heterocycles. The third kappa shape index (κ3) is 4.75. The van der Waals surface area contributed by atoms with Gasteiger partial charge in [0.15, 0.2) is 6.10 Å². The molecular formula is C27H30N2O6. The second-order valence-corrected chi connectivity index (χ2v) is 9.91. The van der Waals surface area contributed by atoms with Gasteiger partial charge in [0.1, 0.15) is 6.61 Å². The minimum atomic E-state index is -0.958. The molecule has 2 aromatic carbocycles. The number of carboxylic acids is 1. The Morgan fingerprint density at radius 2 is 1.66 bits per heavy atom. The fourth-order valence-corrected chi connectivity index (χ4v) is 5.47. The first-order valence-electron chi connectivity index (χ1n) is 12.1. The van der Waals surface area contributed by atoms with E-state index < -0.39 is 35.7 Å². The number of rotatable bonds is 8. The van der Waals surface area contributed by atoms with Gasteiger partial charge in [0.2, 0.25) is 0 Å². The molecule has 3 N–H and O–H groups in total. The van der Waals surface area contributed by atoms with Gasteiger partial charge in [-0.25, -0.2) is 4.79 Å². The van der Waals surface area contributed by atoms with Gasteiger partial charge in [0.25, 0.3) is 5.91 Å². The van der Waals surface area contributed by atoms with Crippen molar-refractivity contribution in [2.75, 3.05) is 13.2 Å². The lowest BCUT2D eigenvalue weighted by atomic mass is 9.91. The average molecular weight is 479 g/mol. The summed E-state index contributed by atoms with van der Waals surface area (Å²) >= 11 is 0. The van der Waals surface area contributed by atoms with Crippen LogP contribution in [0.3, 0.4) is 0 Å². The molecule has 1 aliphatic heterocycles. The maximum atomic E-state index is 13.0. The molecule has 0 spiro atoms. The number of hydrogen-bond acceptors (Lipinski definition) is 5. The number of fused-ring (bicyclic) bond motifs is 3. The number of carboxylic acid groups (broad SMARTS) is 1. The van der Waals surface area contributed by atoms with Crippen molar-refractivity contribution in [1.82, 2.24) is 10.6 Å². The van der Waals surface area contributed by atoms with E-state index in [9.17, 15) is 19.5 Å². The van der Waals surface area contributed by atoms with Crippen molar-refractivity contribution in [3.05, 3.63) is 59.7 Å². The van der Waals surface area contributed by atoms with Crippen LogP contribution >= 0.6 is 0 Å². The first-order valence-corrected chi connectivity index (χ1v) is 12.1. The summed E-state index contributed by atoms with van der Waals surface area (Å²) in [4.78, 5) is 37.0. The van der Waals surface area contributed by atoms with E-state index in [2.05, 4.69) is 34.9 Å². The Kier molecular flexibility index (Phi) is 6.23. The predicted molar refractivity (Wildman–Crippen MR) is 128 cm³/mol. The normalized spacial score (nSPS) is 22.5. The van der Waals surface area contributed by atoms with Gasteiger partial charge in [-0.1, -0.05) is 48.5 Å². The Morgan fingerprint density at radius 1 is 1.03 bits per heavy atom. The number of amides is 2. The Bertz CT molecular complexity index is 1100. The molecule has 3 aliphatic rings. The molecule has 2 aromatic rings. The molecule has 1 heterocycles. The quantitative estimate of drug-likeness (QED) is 0.536. The minimum absolute atomic E-state index is 0.0534. The monoisotopic (exact) mass is 478 g/mol. The average Bonchev–Trinajstić information content (AvgIpc) is 3.52. The third-order valence-electron chi connectivity index (χ3n) is 7.40. The fourth-order valence-electron chi connectivity index (χ4n) is 5.47. The minimum Gasteiger partial charge on any atom is -0.481 e. The van der Waals surface area contributed by atoms with Crippen LogP contribution in [0.25, 0.3) is 11.1 Å². The van der Waals surface area contributed by atoms with Gasteiger partial charge in [0.05, 0.1) is 18.0 Å². The van der Waals surface area contributed by atoms with Crippen LogP contribution in [-0.4, -0.2) is 54.0 Å². The first kappa shape index (κ1) is 23.4. The molecule has 1 saturated carbocycles. The Labute approximate surface area is 204 Å². The van der Waals surface area contributed by atoms with Gasteiger partial charge in [-0.3, -0.25) is 9.59 Å². The molecule has 0 radical (unpaired) electrons. The predicted octanol–water partition coefficient (Wildman–Crippen LogP) is 3.44. The number of ether oxygens (including phenoxy) is 2. The maximum Gasteiger partial charge on any atom is 0.407 e. The summed E-state index contributed by atoms with van der Waals surface area (Å²) < 4.78 is 11.2. The van der Waals surface area contributed by atoms with Crippen LogP contribution in [0.1, 0.15) is 49.7 Å². The first-order chi connectivity index (χ1) is 16.9. The molecule has 35 heavy (non-hydrogen) atoms. The molecule has 2 aliphatic carbocycles. The number of alkyl carbamates (subject to hydrolysis) is 1. The van der Waals surface area contributed by atoms with Crippen LogP contribution in [0.15, 0.2) is 48.5 Å². The van der Waals surface area contributed by atoms with Crippen molar-refractivity contribution in [1.29, 1.82) is 0 Å². The molecule has 184 valence electrons. The Morgan fingerprint density at radius 3 is 2.26 bits per heavy atom. The topological polar surface area (TPSA) is 114 Å². The van der Waals surface area contributed by atoms with Crippen LogP contribution in [0.2, 0.25) is 0 Å². The summed E-state index contributed by atoms with van der Waals surface area (Å²) in [6.07, 6.45) is 0.605. The van der Waals surface area contributed by atoms with Crippen molar-refractivity contribution >= 4 is 18.0 Å². The third-order valence-corrected chi connectivity index (χ3v) is 7.40. The van der Waals surface area contributed by atoms with Gasteiger partial charge >= 0.3 is 12.1 Å². The Balaban J connectivity index is 1.20. The van der Waals surface area contributed by atoms with E-state index >= 15 is 0 Å². The highest BCUT2D eigenvalue weighted by atomic mass is 16.6. The van der Waals surface area contributed by atoms with E-state index in [4.69, 9.17) is 9.47 Å². The van der Waals surface area contributed by atoms with Crippen LogP contribution in [-0.2, 0) is 19.1 Å². The molecule has 8 heteroatoms. The smallest absolute Gasteiger partial charge is 0.407 e. The summed E-state index contributed by atoms with van der Waals surface area (Å²) in [5.74, 6) is -1.28. The van der Waals surface area contributed by atoms with Crippen LogP contribution in [0.5, 0.6) is 0 Å². The number of benzene rings is 2. The second-order valence-electron chi connectivity index (χ2n) is 9.91. The lowest BCUT2D eigenvalue weighted by Crippen LogP contribution is -2.56. The lowest BCUT2D eigenvalue weighted by molar-refractivity contribution is -0.140. The maximum absolute atomic E-state index is 13.0. The van der Waals surface area contributed by atoms with Crippen molar-refractivity contribution in [3.8, 4) is 11.1 Å². The zero-order valence-corrected chi connectivity index (χ0v) is 19.7. The van der Waals surface area contributed by atoms with E-state index in [-0.39, 0.29) is 24.9 Å². The summed E-state index contributed by atoms with van der Waals surface area (Å²) in [6.45, 7) is 2.27. The number of carbonyl (C=O) groups excluding carboxylic acids is 2. The van der Waals surface area contributed by atoms with Gasteiger partial charge < -0.3 is 25.2 Å². The van der Waals surface area contributed by atoms with Crippen molar-refractivity contribution in [3.63, 3.8) is 0 Å².